The molecule has 5 rings (SSSR count). The van der Waals surface area contributed by atoms with Crippen molar-refractivity contribution in [2.24, 2.45) is 5.92 Å². The van der Waals surface area contributed by atoms with Gasteiger partial charge in [0, 0.05) is 56.5 Å². The number of rotatable bonds is 5. The first kappa shape index (κ1) is 21.9. The molecule has 1 aromatic heterocycles. The monoisotopic (exact) mass is 496 g/mol. The fourth-order valence-electron chi connectivity index (χ4n) is 5.69. The molecule has 3 aliphatic rings. The fourth-order valence-corrected chi connectivity index (χ4v) is 5.96. The Morgan fingerprint density at radius 3 is 2.44 bits per heavy atom. The van der Waals surface area contributed by atoms with E-state index in [2.05, 4.69) is 72.0 Å². The van der Waals surface area contributed by atoms with Crippen LogP contribution in [0.3, 0.4) is 0 Å². The molecule has 5 nitrogen and oxygen atoms in total. The Bertz CT molecular complexity index is 907. The first-order chi connectivity index (χ1) is 15.6. The molecule has 2 saturated heterocycles. The summed E-state index contributed by atoms with van der Waals surface area (Å²) < 4.78 is 1.07. The minimum absolute atomic E-state index is 0.281. The van der Waals surface area contributed by atoms with Crippen molar-refractivity contribution >= 4 is 27.7 Å². The summed E-state index contributed by atoms with van der Waals surface area (Å²) in [6, 6.07) is 14.6. The van der Waals surface area contributed by atoms with Crippen LogP contribution in [0, 0.1) is 5.92 Å². The standard InChI is InChI=1S/C26H33BrN4O/c27-23-9-7-22(8-10-23)26(11-4-12-26)25(32)31-14-3-5-21(20-31)19-29-15-17-30(18-16-29)24-6-1-2-13-28-24/h1-2,6-10,13,21H,3-5,11-12,14-20H2. The highest BCUT2D eigenvalue weighted by molar-refractivity contribution is 9.10. The van der Waals surface area contributed by atoms with Crippen LogP contribution in [0.5, 0.6) is 0 Å². The number of pyridine rings is 1. The number of benzene rings is 1. The highest BCUT2D eigenvalue weighted by Crippen LogP contribution is 2.46. The number of nitrogens with zero attached hydrogens (tertiary/aromatic N) is 4. The number of aromatic nitrogens is 1. The van der Waals surface area contributed by atoms with Crippen molar-refractivity contribution in [2.75, 3.05) is 50.7 Å². The molecule has 0 radical (unpaired) electrons. The number of hydrogen-bond donors (Lipinski definition) is 0. The van der Waals surface area contributed by atoms with E-state index in [0.717, 1.165) is 81.8 Å². The van der Waals surface area contributed by atoms with Crippen molar-refractivity contribution in [1.29, 1.82) is 0 Å². The van der Waals surface area contributed by atoms with E-state index in [1.807, 2.05) is 12.3 Å². The van der Waals surface area contributed by atoms with Crippen LogP contribution in [0.25, 0.3) is 0 Å². The molecule has 0 spiro atoms. The van der Waals surface area contributed by atoms with Gasteiger partial charge in [-0.2, -0.15) is 0 Å². The fraction of sp³-hybridized carbons (Fsp3) is 0.538. The van der Waals surface area contributed by atoms with E-state index in [0.29, 0.717) is 11.8 Å². The van der Waals surface area contributed by atoms with Gasteiger partial charge in [0.25, 0.3) is 0 Å². The first-order valence-corrected chi connectivity index (χ1v) is 12.9. The van der Waals surface area contributed by atoms with Crippen molar-refractivity contribution in [3.8, 4) is 0 Å². The number of carbonyl (C=O) groups excluding carboxylic acids is 1. The molecule has 0 N–H and O–H groups in total. The predicted molar refractivity (Wildman–Crippen MR) is 132 cm³/mol. The normalized spacial score (nSPS) is 23.6. The minimum Gasteiger partial charge on any atom is -0.354 e. The average Bonchev–Trinajstić information content (AvgIpc) is 2.81. The topological polar surface area (TPSA) is 39.7 Å². The highest BCUT2D eigenvalue weighted by atomic mass is 79.9. The quantitative estimate of drug-likeness (QED) is 0.617. The van der Waals surface area contributed by atoms with E-state index in [1.165, 1.54) is 12.0 Å². The molecule has 3 fully saturated rings. The zero-order valence-electron chi connectivity index (χ0n) is 18.8. The second kappa shape index (κ2) is 9.52. The number of halogens is 1. The maximum atomic E-state index is 13.7. The lowest BCUT2D eigenvalue weighted by molar-refractivity contribution is -0.143. The van der Waals surface area contributed by atoms with Crippen molar-refractivity contribution in [2.45, 2.75) is 37.5 Å². The van der Waals surface area contributed by atoms with Crippen LogP contribution in [0.1, 0.15) is 37.7 Å². The summed E-state index contributed by atoms with van der Waals surface area (Å²) in [6.45, 7) is 7.13. The van der Waals surface area contributed by atoms with Gasteiger partial charge in [0.1, 0.15) is 5.82 Å². The molecule has 170 valence electrons. The van der Waals surface area contributed by atoms with E-state index < -0.39 is 0 Å². The molecule has 32 heavy (non-hydrogen) atoms. The van der Waals surface area contributed by atoms with Gasteiger partial charge < -0.3 is 9.80 Å². The summed E-state index contributed by atoms with van der Waals surface area (Å²) in [5.41, 5.74) is 0.918. The van der Waals surface area contributed by atoms with Gasteiger partial charge in [0.2, 0.25) is 5.91 Å². The average molecular weight is 497 g/mol. The summed E-state index contributed by atoms with van der Waals surface area (Å²) >= 11 is 3.53. The van der Waals surface area contributed by atoms with Crippen LogP contribution in [0.15, 0.2) is 53.1 Å². The number of likely N-dealkylation sites (tertiary alicyclic amines) is 1. The van der Waals surface area contributed by atoms with Crippen LogP contribution >= 0.6 is 15.9 Å². The van der Waals surface area contributed by atoms with Gasteiger partial charge in [-0.3, -0.25) is 9.69 Å². The zero-order valence-corrected chi connectivity index (χ0v) is 20.3. The van der Waals surface area contributed by atoms with Crippen LogP contribution in [0.2, 0.25) is 0 Å². The van der Waals surface area contributed by atoms with E-state index in [-0.39, 0.29) is 5.41 Å². The van der Waals surface area contributed by atoms with Crippen molar-refractivity contribution in [3.05, 3.63) is 58.7 Å². The van der Waals surface area contributed by atoms with E-state index >= 15 is 0 Å². The van der Waals surface area contributed by atoms with Crippen LogP contribution in [-0.4, -0.2) is 66.5 Å². The summed E-state index contributed by atoms with van der Waals surface area (Å²) in [4.78, 5) is 25.4. The van der Waals surface area contributed by atoms with Crippen LogP contribution in [-0.2, 0) is 10.2 Å². The molecule has 1 aliphatic carbocycles. The second-order valence-electron chi connectivity index (χ2n) is 9.68. The lowest BCUT2D eigenvalue weighted by Gasteiger charge is -2.46. The lowest BCUT2D eigenvalue weighted by atomic mass is 9.63. The molecule has 1 aromatic carbocycles. The number of piperidine rings is 1. The minimum atomic E-state index is -0.281. The van der Waals surface area contributed by atoms with Crippen molar-refractivity contribution < 1.29 is 4.79 Å². The number of piperazine rings is 1. The maximum absolute atomic E-state index is 13.7. The Hall–Kier alpha value is -1.92. The molecule has 1 amide bonds. The molecule has 6 heteroatoms. The molecule has 1 atom stereocenters. The van der Waals surface area contributed by atoms with Gasteiger partial charge in [-0.1, -0.05) is 40.5 Å². The largest absolute Gasteiger partial charge is 0.354 e. The van der Waals surface area contributed by atoms with Crippen molar-refractivity contribution in [3.63, 3.8) is 0 Å². The molecule has 3 heterocycles. The smallest absolute Gasteiger partial charge is 0.233 e. The van der Waals surface area contributed by atoms with E-state index in [1.54, 1.807) is 0 Å². The Morgan fingerprint density at radius 1 is 1.00 bits per heavy atom. The van der Waals surface area contributed by atoms with Crippen LogP contribution in [0.4, 0.5) is 5.82 Å². The molecular formula is C26H33BrN4O. The third-order valence-electron chi connectivity index (χ3n) is 7.68. The SMILES string of the molecule is O=C(N1CCCC(CN2CCN(c3ccccn3)CC2)C1)C1(c2ccc(Br)cc2)CCC1. The Balaban J connectivity index is 1.18. The van der Waals surface area contributed by atoms with E-state index in [4.69, 9.17) is 0 Å². The first-order valence-electron chi connectivity index (χ1n) is 12.1. The predicted octanol–water partition coefficient (Wildman–Crippen LogP) is 4.33. The molecule has 2 aliphatic heterocycles. The summed E-state index contributed by atoms with van der Waals surface area (Å²) in [5.74, 6) is 2.03. The van der Waals surface area contributed by atoms with Gasteiger partial charge in [-0.15, -0.1) is 0 Å². The molecule has 2 aromatic rings. The van der Waals surface area contributed by atoms with Crippen LogP contribution < -0.4 is 4.90 Å². The van der Waals surface area contributed by atoms with Gasteiger partial charge >= 0.3 is 0 Å². The summed E-state index contributed by atoms with van der Waals surface area (Å²) in [7, 11) is 0. The molecular weight excluding hydrogens is 464 g/mol. The third-order valence-corrected chi connectivity index (χ3v) is 8.21. The lowest BCUT2D eigenvalue weighted by Crippen LogP contribution is -2.55. The Kier molecular flexibility index (Phi) is 6.51. The number of amides is 1. The van der Waals surface area contributed by atoms with Gasteiger partial charge in [-0.25, -0.2) is 4.98 Å². The summed E-state index contributed by atoms with van der Waals surface area (Å²) in [6.07, 6.45) is 7.36. The Morgan fingerprint density at radius 2 is 1.78 bits per heavy atom. The summed E-state index contributed by atoms with van der Waals surface area (Å²) in [5, 5.41) is 0. The number of anilines is 1. The van der Waals surface area contributed by atoms with Gasteiger partial charge in [-0.05, 0) is 61.4 Å². The van der Waals surface area contributed by atoms with Gasteiger partial charge in [0.15, 0.2) is 0 Å². The zero-order chi connectivity index (χ0) is 22.0. The maximum Gasteiger partial charge on any atom is 0.233 e. The highest BCUT2D eigenvalue weighted by Gasteiger charge is 2.48. The Labute approximate surface area is 199 Å². The third kappa shape index (κ3) is 4.44. The molecule has 1 saturated carbocycles. The second-order valence-corrected chi connectivity index (χ2v) is 10.6. The molecule has 1 unspecified atom stereocenters. The number of carbonyl (C=O) groups is 1. The van der Waals surface area contributed by atoms with Crippen molar-refractivity contribution in [1.82, 2.24) is 14.8 Å². The van der Waals surface area contributed by atoms with E-state index in [9.17, 15) is 4.79 Å². The van der Waals surface area contributed by atoms with Gasteiger partial charge in [0.05, 0.1) is 5.41 Å². The number of hydrogen-bond acceptors (Lipinski definition) is 4. The molecule has 0 bridgehead atoms.